The molecule has 0 bridgehead atoms. The van der Waals surface area contributed by atoms with Crippen LogP contribution in [0.15, 0.2) is 18.3 Å². The SMILES string of the molecule is CNc1cc(NC2(C)CCOCC2)ccn1. The third-order valence-corrected chi connectivity index (χ3v) is 3.06. The average molecular weight is 221 g/mol. The minimum Gasteiger partial charge on any atom is -0.381 e. The lowest BCUT2D eigenvalue weighted by molar-refractivity contribution is 0.0658. The predicted octanol–water partition coefficient (Wildman–Crippen LogP) is 2.10. The fraction of sp³-hybridized carbons (Fsp3) is 0.583. The van der Waals surface area contributed by atoms with Crippen molar-refractivity contribution in [2.24, 2.45) is 0 Å². The molecule has 1 aliphatic rings. The molecule has 1 aliphatic heterocycles. The fourth-order valence-corrected chi connectivity index (χ4v) is 1.94. The van der Waals surface area contributed by atoms with E-state index in [9.17, 15) is 0 Å². The summed E-state index contributed by atoms with van der Waals surface area (Å²) in [7, 11) is 1.88. The van der Waals surface area contributed by atoms with Gasteiger partial charge in [0.1, 0.15) is 5.82 Å². The van der Waals surface area contributed by atoms with Crippen LogP contribution in [0.25, 0.3) is 0 Å². The summed E-state index contributed by atoms with van der Waals surface area (Å²) < 4.78 is 5.38. The summed E-state index contributed by atoms with van der Waals surface area (Å²) in [5, 5.41) is 6.61. The molecule has 4 heteroatoms. The molecule has 0 saturated carbocycles. The summed E-state index contributed by atoms with van der Waals surface area (Å²) in [4.78, 5) is 4.20. The average Bonchev–Trinajstić information content (AvgIpc) is 2.29. The third kappa shape index (κ3) is 2.64. The van der Waals surface area contributed by atoms with Gasteiger partial charge in [-0.25, -0.2) is 4.98 Å². The van der Waals surface area contributed by atoms with E-state index >= 15 is 0 Å². The molecule has 2 heterocycles. The van der Waals surface area contributed by atoms with E-state index in [0.717, 1.165) is 37.6 Å². The molecule has 0 amide bonds. The second kappa shape index (κ2) is 4.70. The van der Waals surface area contributed by atoms with E-state index in [0.29, 0.717) is 0 Å². The Morgan fingerprint density at radius 3 is 2.81 bits per heavy atom. The molecule has 0 radical (unpaired) electrons. The molecule has 1 aromatic rings. The molecule has 1 fully saturated rings. The van der Waals surface area contributed by atoms with Gasteiger partial charge in [0.15, 0.2) is 0 Å². The van der Waals surface area contributed by atoms with Crippen molar-refractivity contribution in [3.63, 3.8) is 0 Å². The van der Waals surface area contributed by atoms with E-state index in [4.69, 9.17) is 4.74 Å². The number of hydrogen-bond donors (Lipinski definition) is 2. The van der Waals surface area contributed by atoms with E-state index in [2.05, 4.69) is 22.5 Å². The number of hydrogen-bond acceptors (Lipinski definition) is 4. The second-order valence-electron chi connectivity index (χ2n) is 4.48. The van der Waals surface area contributed by atoms with E-state index < -0.39 is 0 Å². The molecule has 16 heavy (non-hydrogen) atoms. The smallest absolute Gasteiger partial charge is 0.127 e. The van der Waals surface area contributed by atoms with Crippen LogP contribution in [0.2, 0.25) is 0 Å². The monoisotopic (exact) mass is 221 g/mol. The van der Waals surface area contributed by atoms with Crippen molar-refractivity contribution in [1.29, 1.82) is 0 Å². The third-order valence-electron chi connectivity index (χ3n) is 3.06. The summed E-state index contributed by atoms with van der Waals surface area (Å²) in [5.74, 6) is 0.889. The first-order chi connectivity index (χ1) is 7.72. The molecular weight excluding hydrogens is 202 g/mol. The Balaban J connectivity index is 2.07. The largest absolute Gasteiger partial charge is 0.381 e. The molecular formula is C12H19N3O. The molecule has 2 rings (SSSR count). The van der Waals surface area contributed by atoms with Crippen molar-refractivity contribution in [3.05, 3.63) is 18.3 Å². The number of rotatable bonds is 3. The van der Waals surface area contributed by atoms with E-state index in [1.165, 1.54) is 0 Å². The Hall–Kier alpha value is -1.29. The van der Waals surface area contributed by atoms with Crippen LogP contribution >= 0.6 is 0 Å². The van der Waals surface area contributed by atoms with E-state index in [1.54, 1.807) is 0 Å². The van der Waals surface area contributed by atoms with Crippen molar-refractivity contribution in [1.82, 2.24) is 4.98 Å². The van der Waals surface area contributed by atoms with Crippen LogP contribution in [0.5, 0.6) is 0 Å². The highest BCUT2D eigenvalue weighted by Gasteiger charge is 2.26. The number of anilines is 2. The van der Waals surface area contributed by atoms with Crippen LogP contribution in [-0.4, -0.2) is 30.8 Å². The van der Waals surface area contributed by atoms with E-state index in [1.807, 2.05) is 25.4 Å². The summed E-state index contributed by atoms with van der Waals surface area (Å²) >= 11 is 0. The number of aromatic nitrogens is 1. The Morgan fingerprint density at radius 1 is 1.38 bits per heavy atom. The highest BCUT2D eigenvalue weighted by atomic mass is 16.5. The van der Waals surface area contributed by atoms with Gasteiger partial charge in [0.2, 0.25) is 0 Å². The van der Waals surface area contributed by atoms with Gasteiger partial charge in [-0.3, -0.25) is 0 Å². The van der Waals surface area contributed by atoms with Crippen LogP contribution < -0.4 is 10.6 Å². The summed E-state index contributed by atoms with van der Waals surface area (Å²) in [6.45, 7) is 3.93. The lowest BCUT2D eigenvalue weighted by atomic mass is 9.92. The van der Waals surface area contributed by atoms with Crippen LogP contribution in [0.3, 0.4) is 0 Å². The van der Waals surface area contributed by atoms with Gasteiger partial charge >= 0.3 is 0 Å². The maximum Gasteiger partial charge on any atom is 0.127 e. The second-order valence-corrected chi connectivity index (χ2v) is 4.48. The van der Waals surface area contributed by atoms with Crippen molar-refractivity contribution < 1.29 is 4.74 Å². The molecule has 88 valence electrons. The first-order valence-corrected chi connectivity index (χ1v) is 5.72. The number of pyridine rings is 1. The van der Waals surface area contributed by atoms with Crippen molar-refractivity contribution >= 4 is 11.5 Å². The first kappa shape index (κ1) is 11.2. The minimum atomic E-state index is 0.143. The molecule has 0 atom stereocenters. The maximum atomic E-state index is 5.38. The van der Waals surface area contributed by atoms with E-state index in [-0.39, 0.29) is 5.54 Å². The van der Waals surface area contributed by atoms with Crippen molar-refractivity contribution in [3.8, 4) is 0 Å². The Labute approximate surface area is 96.4 Å². The molecule has 2 N–H and O–H groups in total. The molecule has 0 aromatic carbocycles. The maximum absolute atomic E-state index is 5.38. The van der Waals surface area contributed by atoms with Crippen molar-refractivity contribution in [2.45, 2.75) is 25.3 Å². The Bertz CT molecular complexity index is 348. The summed E-state index contributed by atoms with van der Waals surface area (Å²) in [5.41, 5.74) is 1.26. The summed E-state index contributed by atoms with van der Waals surface area (Å²) in [6.07, 6.45) is 3.91. The molecule has 1 saturated heterocycles. The Kier molecular flexibility index (Phi) is 3.29. The molecule has 0 aliphatic carbocycles. The molecule has 1 aromatic heterocycles. The van der Waals surface area contributed by atoms with Gasteiger partial charge in [0.25, 0.3) is 0 Å². The van der Waals surface area contributed by atoms with Crippen LogP contribution in [-0.2, 0) is 4.74 Å². The zero-order valence-corrected chi connectivity index (χ0v) is 9.92. The quantitative estimate of drug-likeness (QED) is 0.820. The zero-order chi connectivity index (χ0) is 11.4. The predicted molar refractivity (Wildman–Crippen MR) is 65.9 cm³/mol. The van der Waals surface area contributed by atoms with Gasteiger partial charge in [-0.1, -0.05) is 0 Å². The molecule has 0 unspecified atom stereocenters. The standard InChI is InChI=1S/C12H19N3O/c1-12(4-7-16-8-5-12)15-10-3-6-14-11(9-10)13-2/h3,6,9H,4-5,7-8H2,1-2H3,(H2,13,14,15). The topological polar surface area (TPSA) is 46.2 Å². The number of nitrogens with one attached hydrogen (secondary N) is 2. The normalized spacial score (nSPS) is 19.1. The van der Waals surface area contributed by atoms with Crippen molar-refractivity contribution in [2.75, 3.05) is 30.9 Å². The number of nitrogens with zero attached hydrogens (tertiary/aromatic N) is 1. The van der Waals surface area contributed by atoms with Gasteiger partial charge < -0.3 is 15.4 Å². The van der Waals surface area contributed by atoms with Gasteiger partial charge in [0, 0.05) is 43.8 Å². The zero-order valence-electron chi connectivity index (χ0n) is 9.92. The van der Waals surface area contributed by atoms with Gasteiger partial charge in [-0.2, -0.15) is 0 Å². The van der Waals surface area contributed by atoms with Gasteiger partial charge in [0.05, 0.1) is 0 Å². The van der Waals surface area contributed by atoms with Gasteiger partial charge in [-0.05, 0) is 25.8 Å². The van der Waals surface area contributed by atoms with Crippen LogP contribution in [0, 0.1) is 0 Å². The number of ether oxygens (including phenoxy) is 1. The van der Waals surface area contributed by atoms with Crippen LogP contribution in [0.1, 0.15) is 19.8 Å². The summed E-state index contributed by atoms with van der Waals surface area (Å²) in [6, 6.07) is 4.03. The first-order valence-electron chi connectivity index (χ1n) is 5.72. The van der Waals surface area contributed by atoms with Gasteiger partial charge in [-0.15, -0.1) is 0 Å². The molecule has 0 spiro atoms. The minimum absolute atomic E-state index is 0.143. The fourth-order valence-electron chi connectivity index (χ4n) is 1.94. The lowest BCUT2D eigenvalue weighted by Crippen LogP contribution is -2.40. The highest BCUT2D eigenvalue weighted by Crippen LogP contribution is 2.25. The van der Waals surface area contributed by atoms with Crippen LogP contribution in [0.4, 0.5) is 11.5 Å². The Morgan fingerprint density at radius 2 is 2.12 bits per heavy atom. The lowest BCUT2D eigenvalue weighted by Gasteiger charge is -2.35. The molecule has 4 nitrogen and oxygen atoms in total. The highest BCUT2D eigenvalue weighted by molar-refractivity contribution is 5.53.